The van der Waals surface area contributed by atoms with Crippen LogP contribution in [0.15, 0.2) is 12.3 Å². The lowest BCUT2D eigenvalue weighted by molar-refractivity contribution is 0.0777. The van der Waals surface area contributed by atoms with Gasteiger partial charge in [0.2, 0.25) is 0 Å². The maximum Gasteiger partial charge on any atom is 0.264 e. The summed E-state index contributed by atoms with van der Waals surface area (Å²) in [7, 11) is -4.52. The van der Waals surface area contributed by atoms with E-state index in [0.717, 1.165) is 24.6 Å². The number of hydrogen-bond donors (Lipinski definition) is 0. The molecule has 1 aromatic heterocycles. The van der Waals surface area contributed by atoms with E-state index in [2.05, 4.69) is 24.7 Å². The van der Waals surface area contributed by atoms with Crippen LogP contribution in [-0.2, 0) is 31.2 Å². The average Bonchev–Trinajstić information content (AvgIpc) is 2.80. The minimum absolute atomic E-state index is 0.0688. The molecule has 0 radical (unpaired) electrons. The van der Waals surface area contributed by atoms with Crippen LogP contribution >= 0.6 is 0 Å². The van der Waals surface area contributed by atoms with Crippen LogP contribution in [0.3, 0.4) is 0 Å². The molecule has 0 atom stereocenters. The van der Waals surface area contributed by atoms with Crippen molar-refractivity contribution < 1.29 is 17.3 Å². The van der Waals surface area contributed by atoms with Gasteiger partial charge in [-0.3, -0.25) is 4.18 Å². The van der Waals surface area contributed by atoms with Crippen LogP contribution in [-0.4, -0.2) is 45.7 Å². The summed E-state index contributed by atoms with van der Waals surface area (Å²) in [6.07, 6.45) is 2.89. The van der Waals surface area contributed by atoms with E-state index in [1.54, 1.807) is 4.68 Å². The van der Waals surface area contributed by atoms with Gasteiger partial charge >= 0.3 is 0 Å². The van der Waals surface area contributed by atoms with E-state index in [1.807, 2.05) is 26.1 Å². The van der Waals surface area contributed by atoms with Gasteiger partial charge in [-0.25, -0.2) is 4.68 Å². The molecule has 0 aliphatic carbocycles. The van der Waals surface area contributed by atoms with Crippen LogP contribution in [0.1, 0.15) is 19.5 Å². The molecule has 0 saturated heterocycles. The first-order valence-electron chi connectivity index (χ1n) is 7.35. The van der Waals surface area contributed by atoms with Gasteiger partial charge in [0.05, 0.1) is 18.6 Å². The first kappa shape index (κ1) is 19.3. The number of hydrogen-bond acceptors (Lipinski definition) is 5. The van der Waals surface area contributed by atoms with Gasteiger partial charge in [-0.1, -0.05) is 33.5 Å². The van der Waals surface area contributed by atoms with E-state index in [0.29, 0.717) is 6.73 Å². The Hall–Kier alpha value is -0.703. The molecule has 6 nitrogen and oxygen atoms in total. The maximum atomic E-state index is 11.1. The normalized spacial score (nSPS) is 13.5. The van der Waals surface area contributed by atoms with Gasteiger partial charge in [-0.05, 0) is 12.1 Å². The van der Waals surface area contributed by atoms with Crippen LogP contribution in [0.25, 0.3) is 0 Å². The fourth-order valence-corrected chi connectivity index (χ4v) is 2.92. The molecule has 0 amide bonds. The quantitative estimate of drug-likeness (QED) is 0.389. The van der Waals surface area contributed by atoms with Crippen LogP contribution in [0.5, 0.6) is 0 Å². The first-order valence-corrected chi connectivity index (χ1v) is 12.9. The minimum Gasteiger partial charge on any atom is -0.360 e. The van der Waals surface area contributed by atoms with Crippen LogP contribution in [0.2, 0.25) is 25.7 Å². The second kappa shape index (κ2) is 7.25. The van der Waals surface area contributed by atoms with Gasteiger partial charge in [0.25, 0.3) is 10.1 Å². The molecule has 0 bridgehead atoms. The lowest BCUT2D eigenvalue weighted by atomic mass is 9.91. The van der Waals surface area contributed by atoms with Crippen LogP contribution in [0, 0.1) is 0 Å². The summed E-state index contributed by atoms with van der Waals surface area (Å²) in [5.41, 5.74) is 0.303. The fourth-order valence-electron chi connectivity index (χ4n) is 1.66. The van der Waals surface area contributed by atoms with Crippen molar-refractivity contribution in [3.63, 3.8) is 0 Å². The summed E-state index contributed by atoms with van der Waals surface area (Å²) < 4.78 is 34.5. The number of nitrogens with zero attached hydrogens (tertiary/aromatic N) is 2. The molecule has 0 aromatic carbocycles. The number of aromatic nitrogens is 2. The van der Waals surface area contributed by atoms with Crippen molar-refractivity contribution in [1.82, 2.24) is 9.78 Å². The molecular formula is C14H28N2O4SSi. The highest BCUT2D eigenvalue weighted by molar-refractivity contribution is 7.85. The van der Waals surface area contributed by atoms with Gasteiger partial charge in [-0.15, -0.1) is 0 Å². The Kier molecular flexibility index (Phi) is 6.37. The molecule has 0 N–H and O–H groups in total. The van der Waals surface area contributed by atoms with Crippen molar-refractivity contribution >= 4 is 18.2 Å². The smallest absolute Gasteiger partial charge is 0.264 e. The molecule has 22 heavy (non-hydrogen) atoms. The summed E-state index contributed by atoms with van der Waals surface area (Å²) in [6, 6.07) is 2.99. The predicted octanol–water partition coefficient (Wildman–Crippen LogP) is 2.45. The summed E-state index contributed by atoms with van der Waals surface area (Å²) >= 11 is 0. The van der Waals surface area contributed by atoms with E-state index in [4.69, 9.17) is 8.92 Å². The van der Waals surface area contributed by atoms with Crippen molar-refractivity contribution in [2.24, 2.45) is 0 Å². The summed E-state index contributed by atoms with van der Waals surface area (Å²) in [5, 5.41) is 4.44. The molecule has 0 saturated carbocycles. The number of rotatable bonds is 9. The molecule has 0 aliphatic heterocycles. The van der Waals surface area contributed by atoms with Gasteiger partial charge in [-0.2, -0.15) is 13.5 Å². The lowest BCUT2D eigenvalue weighted by Crippen LogP contribution is -2.27. The van der Waals surface area contributed by atoms with E-state index >= 15 is 0 Å². The zero-order valence-corrected chi connectivity index (χ0v) is 16.2. The van der Waals surface area contributed by atoms with Crippen molar-refractivity contribution in [3.05, 3.63) is 18.0 Å². The molecule has 0 spiro atoms. The van der Waals surface area contributed by atoms with Crippen LogP contribution < -0.4 is 0 Å². The highest BCUT2D eigenvalue weighted by Crippen LogP contribution is 2.22. The number of ether oxygens (including phenoxy) is 1. The van der Waals surface area contributed by atoms with Crippen LogP contribution in [0.4, 0.5) is 0 Å². The molecule has 1 heterocycles. The Labute approximate surface area is 134 Å². The zero-order valence-electron chi connectivity index (χ0n) is 14.4. The summed E-state index contributed by atoms with van der Waals surface area (Å²) in [5.74, 6) is 0. The van der Waals surface area contributed by atoms with Crippen molar-refractivity contribution in [1.29, 1.82) is 0 Å². The highest BCUT2D eigenvalue weighted by atomic mass is 32.2. The Morgan fingerprint density at radius 3 is 2.50 bits per heavy atom. The van der Waals surface area contributed by atoms with E-state index in [1.165, 1.54) is 0 Å². The zero-order chi connectivity index (χ0) is 17.0. The fraction of sp³-hybridized carbons (Fsp3) is 0.786. The molecule has 0 aliphatic rings. The molecule has 1 rings (SSSR count). The molecule has 0 unspecified atom stereocenters. The Balaban J connectivity index is 2.52. The van der Waals surface area contributed by atoms with Gasteiger partial charge in [0.15, 0.2) is 0 Å². The standard InChI is InChI=1S/C14H28N2O4SSi/c1-14(2,11-20-21(3,17)18)13-7-8-16(15-13)12-19-9-10-22(4,5)6/h7-8H,9-12H2,1-6H3. The minimum atomic E-state index is -3.45. The predicted molar refractivity (Wildman–Crippen MR) is 90.2 cm³/mol. The van der Waals surface area contributed by atoms with Gasteiger partial charge < -0.3 is 4.74 Å². The average molecular weight is 349 g/mol. The highest BCUT2D eigenvalue weighted by Gasteiger charge is 2.26. The lowest BCUT2D eigenvalue weighted by Gasteiger charge is -2.21. The topological polar surface area (TPSA) is 70.4 Å². The molecule has 0 fully saturated rings. The van der Waals surface area contributed by atoms with Crippen molar-refractivity contribution in [3.8, 4) is 0 Å². The third-order valence-electron chi connectivity index (χ3n) is 3.19. The van der Waals surface area contributed by atoms with Crippen molar-refractivity contribution in [2.75, 3.05) is 19.5 Å². The van der Waals surface area contributed by atoms with Gasteiger partial charge in [0.1, 0.15) is 6.73 Å². The molecule has 1 aromatic rings. The summed E-state index contributed by atoms with van der Waals surface area (Å²) in [4.78, 5) is 0. The molecule has 128 valence electrons. The second-order valence-electron chi connectivity index (χ2n) is 7.44. The second-order valence-corrected chi connectivity index (χ2v) is 14.7. The van der Waals surface area contributed by atoms with E-state index in [9.17, 15) is 8.42 Å². The summed E-state index contributed by atoms with van der Waals surface area (Å²) in [6.45, 7) is 12.0. The van der Waals surface area contributed by atoms with Crippen molar-refractivity contribution in [2.45, 2.75) is 51.7 Å². The Morgan fingerprint density at radius 1 is 1.32 bits per heavy atom. The maximum absolute atomic E-state index is 11.1. The monoisotopic (exact) mass is 348 g/mol. The van der Waals surface area contributed by atoms with Gasteiger partial charge in [0, 0.05) is 26.3 Å². The third kappa shape index (κ3) is 7.53. The Bertz CT molecular complexity index is 576. The van der Waals surface area contributed by atoms with E-state index in [-0.39, 0.29) is 6.61 Å². The SMILES string of the molecule is CC(C)(COS(C)(=O)=O)c1ccn(COCC[Si](C)(C)C)n1. The largest absolute Gasteiger partial charge is 0.360 e. The van der Waals surface area contributed by atoms with E-state index < -0.39 is 23.6 Å². The first-order chi connectivity index (χ1) is 9.89. The molecule has 8 heteroatoms. The molecular weight excluding hydrogens is 320 g/mol. The Morgan fingerprint density at radius 2 is 1.95 bits per heavy atom. The third-order valence-corrected chi connectivity index (χ3v) is 5.44.